The molecule has 1 aliphatic rings. The van der Waals surface area contributed by atoms with Crippen LogP contribution in [0.25, 0.3) is 0 Å². The molecule has 0 saturated carbocycles. The minimum atomic E-state index is -0.0450. The van der Waals surface area contributed by atoms with Crippen molar-refractivity contribution in [2.75, 3.05) is 20.2 Å². The summed E-state index contributed by atoms with van der Waals surface area (Å²) in [5.74, 6) is 0.504. The fraction of sp³-hybridized carbons (Fsp3) is 0.400. The predicted octanol–water partition coefficient (Wildman–Crippen LogP) is 2.42. The molecule has 1 aliphatic heterocycles. The van der Waals surface area contributed by atoms with Crippen LogP contribution in [0.1, 0.15) is 29.2 Å². The molecule has 0 unspecified atom stereocenters. The number of ether oxygens (including phenoxy) is 1. The number of piperidine rings is 1. The minimum Gasteiger partial charge on any atom is -0.496 e. The van der Waals surface area contributed by atoms with Gasteiger partial charge < -0.3 is 9.64 Å². The summed E-state index contributed by atoms with van der Waals surface area (Å²) >= 11 is 6.00. The highest BCUT2D eigenvalue weighted by molar-refractivity contribution is 6.31. The fourth-order valence-electron chi connectivity index (χ4n) is 2.76. The highest BCUT2D eigenvalue weighted by atomic mass is 35.5. The second-order valence-corrected chi connectivity index (χ2v) is 5.69. The number of carbonyl (C=O) groups excluding carboxylic acids is 1. The summed E-state index contributed by atoms with van der Waals surface area (Å²) in [5, 5.41) is 8.39. The first-order chi connectivity index (χ1) is 10.7. The number of hydrogen-bond acceptors (Lipinski definition) is 4. The number of carbonyl (C=O) groups is 1. The van der Waals surface area contributed by atoms with Crippen molar-refractivity contribution in [1.82, 2.24) is 19.9 Å². The first-order valence-corrected chi connectivity index (χ1v) is 7.55. The van der Waals surface area contributed by atoms with E-state index in [4.69, 9.17) is 16.3 Å². The Morgan fingerprint density at radius 3 is 2.77 bits per heavy atom. The summed E-state index contributed by atoms with van der Waals surface area (Å²) in [6.45, 7) is 1.36. The summed E-state index contributed by atoms with van der Waals surface area (Å²) < 4.78 is 7.13. The van der Waals surface area contributed by atoms with Gasteiger partial charge in [-0.1, -0.05) is 16.8 Å². The van der Waals surface area contributed by atoms with E-state index in [1.807, 2.05) is 15.8 Å². The van der Waals surface area contributed by atoms with E-state index in [0.717, 1.165) is 12.8 Å². The van der Waals surface area contributed by atoms with Gasteiger partial charge in [0, 0.05) is 24.3 Å². The van der Waals surface area contributed by atoms with Gasteiger partial charge in [0.2, 0.25) is 0 Å². The van der Waals surface area contributed by atoms with E-state index in [0.29, 0.717) is 35.5 Å². The molecule has 1 fully saturated rings. The summed E-state index contributed by atoms with van der Waals surface area (Å²) in [7, 11) is 1.55. The van der Waals surface area contributed by atoms with Crippen molar-refractivity contribution < 1.29 is 9.53 Å². The van der Waals surface area contributed by atoms with Gasteiger partial charge in [0.05, 0.1) is 24.9 Å². The van der Waals surface area contributed by atoms with Gasteiger partial charge in [-0.25, -0.2) is 4.68 Å². The Kier molecular flexibility index (Phi) is 4.29. The lowest BCUT2D eigenvalue weighted by Crippen LogP contribution is -2.39. The van der Waals surface area contributed by atoms with Crippen LogP contribution in [0.4, 0.5) is 0 Å². The Labute approximate surface area is 133 Å². The number of methoxy groups -OCH3 is 1. The number of benzene rings is 1. The molecular formula is C15H17ClN4O2. The second kappa shape index (κ2) is 6.36. The number of halogens is 1. The van der Waals surface area contributed by atoms with Crippen molar-refractivity contribution in [2.45, 2.75) is 18.9 Å². The Bertz CT molecular complexity index is 652. The van der Waals surface area contributed by atoms with Gasteiger partial charge in [-0.05, 0) is 31.0 Å². The van der Waals surface area contributed by atoms with Crippen molar-refractivity contribution in [3.63, 3.8) is 0 Å². The van der Waals surface area contributed by atoms with Crippen LogP contribution >= 0.6 is 11.6 Å². The fourth-order valence-corrected chi connectivity index (χ4v) is 2.94. The van der Waals surface area contributed by atoms with Crippen LogP contribution in [0.15, 0.2) is 30.6 Å². The summed E-state index contributed by atoms with van der Waals surface area (Å²) in [6, 6.07) is 5.39. The molecule has 22 heavy (non-hydrogen) atoms. The third-order valence-electron chi connectivity index (χ3n) is 3.96. The maximum Gasteiger partial charge on any atom is 0.257 e. The Morgan fingerprint density at radius 1 is 1.36 bits per heavy atom. The molecule has 0 spiro atoms. The highest BCUT2D eigenvalue weighted by Gasteiger charge is 2.26. The quantitative estimate of drug-likeness (QED) is 0.871. The van der Waals surface area contributed by atoms with Crippen molar-refractivity contribution in [2.24, 2.45) is 0 Å². The zero-order valence-corrected chi connectivity index (χ0v) is 13.0. The molecule has 1 aromatic carbocycles. The van der Waals surface area contributed by atoms with Crippen LogP contribution in [0.5, 0.6) is 5.75 Å². The summed E-state index contributed by atoms with van der Waals surface area (Å²) in [5.41, 5.74) is 0.509. The van der Waals surface area contributed by atoms with Crippen LogP contribution in [0, 0.1) is 0 Å². The van der Waals surface area contributed by atoms with Gasteiger partial charge >= 0.3 is 0 Å². The Balaban J connectivity index is 1.71. The molecule has 1 saturated heterocycles. The van der Waals surface area contributed by atoms with E-state index in [2.05, 4.69) is 10.3 Å². The number of aromatic nitrogens is 3. The Hall–Kier alpha value is -2.08. The number of hydrogen-bond donors (Lipinski definition) is 0. The van der Waals surface area contributed by atoms with Gasteiger partial charge in [0.1, 0.15) is 5.75 Å². The van der Waals surface area contributed by atoms with E-state index in [9.17, 15) is 4.79 Å². The topological polar surface area (TPSA) is 60.2 Å². The highest BCUT2D eigenvalue weighted by Crippen LogP contribution is 2.27. The van der Waals surface area contributed by atoms with E-state index in [1.54, 1.807) is 31.5 Å². The monoisotopic (exact) mass is 320 g/mol. The Morgan fingerprint density at radius 2 is 2.14 bits per heavy atom. The number of nitrogens with zero attached hydrogens (tertiary/aromatic N) is 4. The van der Waals surface area contributed by atoms with Crippen molar-refractivity contribution >= 4 is 17.5 Å². The molecule has 3 rings (SSSR count). The predicted molar refractivity (Wildman–Crippen MR) is 82.2 cm³/mol. The third-order valence-corrected chi connectivity index (χ3v) is 4.19. The van der Waals surface area contributed by atoms with E-state index in [-0.39, 0.29) is 5.91 Å². The van der Waals surface area contributed by atoms with Gasteiger partial charge in [0.15, 0.2) is 0 Å². The smallest absolute Gasteiger partial charge is 0.257 e. The van der Waals surface area contributed by atoms with Crippen LogP contribution < -0.4 is 4.74 Å². The molecule has 7 heteroatoms. The molecular weight excluding hydrogens is 304 g/mol. The molecule has 1 amide bonds. The minimum absolute atomic E-state index is 0.0450. The van der Waals surface area contributed by atoms with Crippen LogP contribution in [0.3, 0.4) is 0 Å². The van der Waals surface area contributed by atoms with Crippen molar-refractivity contribution in [3.05, 3.63) is 41.2 Å². The molecule has 0 N–H and O–H groups in total. The molecule has 1 aromatic heterocycles. The van der Waals surface area contributed by atoms with Crippen molar-refractivity contribution in [1.29, 1.82) is 0 Å². The second-order valence-electron chi connectivity index (χ2n) is 5.25. The van der Waals surface area contributed by atoms with Crippen LogP contribution in [0.2, 0.25) is 5.02 Å². The molecule has 116 valence electrons. The van der Waals surface area contributed by atoms with Gasteiger partial charge in [-0.2, -0.15) is 0 Å². The molecule has 2 aromatic rings. The number of rotatable bonds is 3. The maximum absolute atomic E-state index is 12.7. The lowest BCUT2D eigenvalue weighted by molar-refractivity contribution is 0.0686. The van der Waals surface area contributed by atoms with E-state index >= 15 is 0 Å². The molecule has 2 heterocycles. The first-order valence-electron chi connectivity index (χ1n) is 7.17. The SMILES string of the molecule is COc1ccc(Cl)cc1C(=O)N1CCC(n2ccnn2)CC1. The molecule has 0 atom stereocenters. The van der Waals surface area contributed by atoms with E-state index < -0.39 is 0 Å². The van der Waals surface area contributed by atoms with Crippen molar-refractivity contribution in [3.8, 4) is 5.75 Å². The number of amides is 1. The maximum atomic E-state index is 12.7. The van der Waals surface area contributed by atoms with Gasteiger partial charge in [-0.3, -0.25) is 4.79 Å². The molecule has 6 nitrogen and oxygen atoms in total. The average molecular weight is 321 g/mol. The normalized spacial score (nSPS) is 15.8. The molecule has 0 aliphatic carbocycles. The van der Waals surface area contributed by atoms with E-state index in [1.165, 1.54) is 0 Å². The molecule has 0 bridgehead atoms. The standard InChI is InChI=1S/C15H17ClN4O2/c1-22-14-3-2-11(16)10-13(14)15(21)19-7-4-12(5-8-19)20-9-6-17-18-20/h2-3,6,9-10,12H,4-5,7-8H2,1H3. The zero-order valence-electron chi connectivity index (χ0n) is 12.3. The van der Waals surface area contributed by atoms with Gasteiger partial charge in [-0.15, -0.1) is 5.10 Å². The van der Waals surface area contributed by atoms with Crippen LogP contribution in [-0.4, -0.2) is 46.0 Å². The summed E-state index contributed by atoms with van der Waals surface area (Å²) in [4.78, 5) is 14.5. The van der Waals surface area contributed by atoms with Gasteiger partial charge in [0.25, 0.3) is 5.91 Å². The first kappa shape index (κ1) is 14.8. The number of likely N-dealkylation sites (tertiary alicyclic amines) is 1. The average Bonchev–Trinajstić information content (AvgIpc) is 3.09. The third kappa shape index (κ3) is 2.92. The summed E-state index contributed by atoms with van der Waals surface area (Å²) in [6.07, 6.45) is 5.26. The molecule has 0 radical (unpaired) electrons. The zero-order chi connectivity index (χ0) is 15.5. The lowest BCUT2D eigenvalue weighted by atomic mass is 10.0. The largest absolute Gasteiger partial charge is 0.496 e. The lowest BCUT2D eigenvalue weighted by Gasteiger charge is -2.32. The van der Waals surface area contributed by atoms with Crippen LogP contribution in [-0.2, 0) is 0 Å².